The fourth-order valence-electron chi connectivity index (χ4n) is 1.67. The first-order valence-electron chi connectivity index (χ1n) is 5.00. The van der Waals surface area contributed by atoms with Crippen molar-refractivity contribution in [3.05, 3.63) is 22.3 Å². The lowest BCUT2D eigenvalue weighted by molar-refractivity contribution is 0.264. The minimum Gasteiger partial charge on any atom is -0.388 e. The summed E-state index contributed by atoms with van der Waals surface area (Å²) in [6.07, 6.45) is 1.13. The van der Waals surface area contributed by atoms with Gasteiger partial charge in [0.05, 0.1) is 4.88 Å². The van der Waals surface area contributed by atoms with Crippen LogP contribution in [0.25, 0.3) is 10.8 Å². The van der Waals surface area contributed by atoms with Crippen LogP contribution in [0.5, 0.6) is 0 Å². The minimum absolute atomic E-state index is 0.176. The van der Waals surface area contributed by atoms with Crippen molar-refractivity contribution in [1.29, 1.82) is 0 Å². The first-order chi connectivity index (χ1) is 7.86. The molecule has 4 nitrogen and oxygen atoms in total. The van der Waals surface area contributed by atoms with Gasteiger partial charge in [-0.05, 0) is 23.8 Å². The van der Waals surface area contributed by atoms with Crippen LogP contribution in [-0.2, 0) is 18.8 Å². The quantitative estimate of drug-likeness (QED) is 0.889. The number of nitrogens with zero attached hydrogens (tertiary/aromatic N) is 2. The molecule has 0 saturated heterocycles. The summed E-state index contributed by atoms with van der Waals surface area (Å²) >= 11 is 3.68. The zero-order valence-electron chi connectivity index (χ0n) is 8.47. The van der Waals surface area contributed by atoms with E-state index in [1.165, 1.54) is 16.2 Å². The summed E-state index contributed by atoms with van der Waals surface area (Å²) in [7, 11) is 0. The van der Waals surface area contributed by atoms with Crippen molar-refractivity contribution in [3.8, 4) is 10.8 Å². The fraction of sp³-hybridized carbons (Fsp3) is 0.400. The van der Waals surface area contributed by atoms with Crippen molar-refractivity contribution in [3.63, 3.8) is 0 Å². The molecular weight excluding hydrogens is 244 g/mol. The summed E-state index contributed by atoms with van der Waals surface area (Å²) in [5.41, 5.74) is 1.39. The Morgan fingerprint density at radius 2 is 2.44 bits per heavy atom. The minimum atomic E-state index is -0.176. The van der Waals surface area contributed by atoms with Gasteiger partial charge in [-0.1, -0.05) is 5.16 Å². The zero-order valence-corrected chi connectivity index (χ0v) is 10.1. The number of aliphatic hydroxyl groups excluding tert-OH is 1. The highest BCUT2D eigenvalue weighted by Gasteiger charge is 2.17. The van der Waals surface area contributed by atoms with Crippen LogP contribution in [0.3, 0.4) is 0 Å². The number of thiophene rings is 1. The summed E-state index contributed by atoms with van der Waals surface area (Å²) in [6.45, 7) is -0.176. The highest BCUT2D eigenvalue weighted by molar-refractivity contribution is 7.98. The molecule has 6 heteroatoms. The van der Waals surface area contributed by atoms with Crippen LogP contribution in [0.2, 0.25) is 0 Å². The standard InChI is InChI=1S/C10H10N2O2S2/c13-4-9-11-10(14-12-9)8-3-6-5-15-2-1-7(6)16-8/h3,13H,1-2,4-5H2. The van der Waals surface area contributed by atoms with E-state index in [1.807, 2.05) is 11.8 Å². The largest absolute Gasteiger partial charge is 0.388 e. The van der Waals surface area contributed by atoms with Crippen molar-refractivity contribution in [1.82, 2.24) is 10.1 Å². The van der Waals surface area contributed by atoms with Gasteiger partial charge in [-0.2, -0.15) is 16.7 Å². The van der Waals surface area contributed by atoms with E-state index in [1.54, 1.807) is 11.3 Å². The van der Waals surface area contributed by atoms with Crippen molar-refractivity contribution < 1.29 is 9.63 Å². The Labute approximate surface area is 101 Å². The Balaban J connectivity index is 1.96. The lowest BCUT2D eigenvalue weighted by atomic mass is 10.2. The van der Waals surface area contributed by atoms with Crippen LogP contribution in [0, 0.1) is 0 Å². The Kier molecular flexibility index (Phi) is 2.70. The third-order valence-corrected chi connectivity index (χ3v) is 4.68. The number of aliphatic hydroxyl groups is 1. The number of fused-ring (bicyclic) bond motifs is 1. The molecule has 84 valence electrons. The summed E-state index contributed by atoms with van der Waals surface area (Å²) in [5, 5.41) is 12.6. The summed E-state index contributed by atoms with van der Waals surface area (Å²) in [6, 6.07) is 2.13. The third-order valence-electron chi connectivity index (χ3n) is 2.45. The molecule has 3 heterocycles. The van der Waals surface area contributed by atoms with Crippen LogP contribution in [0.1, 0.15) is 16.3 Å². The van der Waals surface area contributed by atoms with E-state index in [-0.39, 0.29) is 6.61 Å². The first kappa shape index (κ1) is 10.3. The molecule has 1 aliphatic heterocycles. The zero-order chi connectivity index (χ0) is 11.0. The molecule has 0 spiro atoms. The monoisotopic (exact) mass is 254 g/mol. The Bertz CT molecular complexity index is 483. The molecule has 1 aliphatic rings. The molecule has 0 aliphatic carbocycles. The molecule has 0 atom stereocenters. The van der Waals surface area contributed by atoms with Crippen LogP contribution in [0.15, 0.2) is 10.6 Å². The molecule has 0 radical (unpaired) electrons. The van der Waals surface area contributed by atoms with Crippen molar-refractivity contribution >= 4 is 23.1 Å². The van der Waals surface area contributed by atoms with Crippen molar-refractivity contribution in [2.45, 2.75) is 18.8 Å². The number of hydrogen-bond donors (Lipinski definition) is 1. The summed E-state index contributed by atoms with van der Waals surface area (Å²) < 4.78 is 5.10. The van der Waals surface area contributed by atoms with Gasteiger partial charge < -0.3 is 9.63 Å². The molecule has 2 aromatic rings. The second-order valence-corrected chi connectivity index (χ2v) is 5.78. The van der Waals surface area contributed by atoms with E-state index < -0.39 is 0 Å². The van der Waals surface area contributed by atoms with E-state index in [2.05, 4.69) is 16.2 Å². The van der Waals surface area contributed by atoms with Gasteiger partial charge in [-0.3, -0.25) is 0 Å². The number of aromatic nitrogens is 2. The van der Waals surface area contributed by atoms with Crippen LogP contribution >= 0.6 is 23.1 Å². The highest BCUT2D eigenvalue weighted by atomic mass is 32.2. The van der Waals surface area contributed by atoms with E-state index in [0.717, 1.165) is 17.1 Å². The van der Waals surface area contributed by atoms with Gasteiger partial charge in [0.15, 0.2) is 5.82 Å². The maximum absolute atomic E-state index is 8.88. The predicted octanol–water partition coefficient (Wildman–Crippen LogP) is 2.08. The highest BCUT2D eigenvalue weighted by Crippen LogP contribution is 2.36. The second kappa shape index (κ2) is 4.20. The van der Waals surface area contributed by atoms with E-state index >= 15 is 0 Å². The topological polar surface area (TPSA) is 59.2 Å². The van der Waals surface area contributed by atoms with Gasteiger partial charge >= 0.3 is 0 Å². The molecule has 0 amide bonds. The second-order valence-electron chi connectivity index (χ2n) is 3.54. The van der Waals surface area contributed by atoms with Gasteiger partial charge in [-0.15, -0.1) is 11.3 Å². The summed E-state index contributed by atoms with van der Waals surface area (Å²) in [5.74, 6) is 3.13. The van der Waals surface area contributed by atoms with E-state index in [0.29, 0.717) is 11.7 Å². The molecule has 0 aromatic carbocycles. The maximum atomic E-state index is 8.88. The van der Waals surface area contributed by atoms with Crippen LogP contribution in [0.4, 0.5) is 0 Å². The van der Waals surface area contributed by atoms with Crippen molar-refractivity contribution in [2.75, 3.05) is 5.75 Å². The Morgan fingerprint density at radius 3 is 3.19 bits per heavy atom. The van der Waals surface area contributed by atoms with Crippen LogP contribution in [-0.4, -0.2) is 21.0 Å². The first-order valence-corrected chi connectivity index (χ1v) is 6.97. The average Bonchev–Trinajstić information content (AvgIpc) is 2.95. The lowest BCUT2D eigenvalue weighted by Crippen LogP contribution is -1.96. The van der Waals surface area contributed by atoms with Gasteiger partial charge in [0, 0.05) is 10.6 Å². The molecule has 0 saturated carbocycles. The fourth-order valence-corrected chi connectivity index (χ4v) is 3.96. The lowest BCUT2D eigenvalue weighted by Gasteiger charge is -2.08. The van der Waals surface area contributed by atoms with Gasteiger partial charge in [0.25, 0.3) is 5.89 Å². The van der Waals surface area contributed by atoms with E-state index in [4.69, 9.17) is 9.63 Å². The molecule has 0 unspecified atom stereocenters. The average molecular weight is 254 g/mol. The Hall–Kier alpha value is -0.850. The number of hydrogen-bond acceptors (Lipinski definition) is 6. The normalized spacial score (nSPS) is 15.1. The smallest absolute Gasteiger partial charge is 0.268 e. The van der Waals surface area contributed by atoms with Crippen LogP contribution < -0.4 is 0 Å². The molecule has 0 bridgehead atoms. The molecular formula is C10H10N2O2S2. The number of rotatable bonds is 2. The molecule has 16 heavy (non-hydrogen) atoms. The predicted molar refractivity (Wildman–Crippen MR) is 63.4 cm³/mol. The molecule has 2 aromatic heterocycles. The van der Waals surface area contributed by atoms with Gasteiger partial charge in [0.1, 0.15) is 6.61 Å². The SMILES string of the molecule is OCc1noc(-c2cc3c(s2)CCSC3)n1. The summed E-state index contributed by atoms with van der Waals surface area (Å²) in [4.78, 5) is 6.56. The maximum Gasteiger partial charge on any atom is 0.268 e. The Morgan fingerprint density at radius 1 is 1.50 bits per heavy atom. The number of aryl methyl sites for hydroxylation is 1. The van der Waals surface area contributed by atoms with Gasteiger partial charge in [0.2, 0.25) is 0 Å². The molecule has 0 fully saturated rings. The molecule has 1 N–H and O–H groups in total. The van der Waals surface area contributed by atoms with E-state index in [9.17, 15) is 0 Å². The van der Waals surface area contributed by atoms with Gasteiger partial charge in [-0.25, -0.2) is 0 Å². The molecule has 3 rings (SSSR count). The van der Waals surface area contributed by atoms with Crippen molar-refractivity contribution in [2.24, 2.45) is 0 Å². The number of thioether (sulfide) groups is 1. The third kappa shape index (κ3) is 1.77.